The fraction of sp³-hybridized carbons (Fsp3) is 0.105. The summed E-state index contributed by atoms with van der Waals surface area (Å²) < 4.78 is 0.963. The summed E-state index contributed by atoms with van der Waals surface area (Å²) in [4.78, 5) is 20.4. The van der Waals surface area contributed by atoms with Crippen LogP contribution < -0.4 is 10.6 Å². The van der Waals surface area contributed by atoms with Gasteiger partial charge in [-0.1, -0.05) is 12.1 Å². The number of rotatable bonds is 5. The van der Waals surface area contributed by atoms with Gasteiger partial charge in [-0.05, 0) is 64.3 Å². The number of aryl methyl sites for hydroxylation is 1. The van der Waals surface area contributed by atoms with Gasteiger partial charge in [0, 0.05) is 40.9 Å². The van der Waals surface area contributed by atoms with Crippen molar-refractivity contribution in [1.82, 2.24) is 9.97 Å². The van der Waals surface area contributed by atoms with Crippen LogP contribution in [0, 0.1) is 6.92 Å². The molecule has 0 spiro atoms. The summed E-state index contributed by atoms with van der Waals surface area (Å²) in [6, 6.07) is 13.1. The Balaban J connectivity index is 1.59. The van der Waals surface area contributed by atoms with E-state index >= 15 is 0 Å². The Morgan fingerprint density at radius 3 is 2.52 bits per heavy atom. The molecule has 0 unspecified atom stereocenters. The Morgan fingerprint density at radius 1 is 1.12 bits per heavy atom. The lowest BCUT2D eigenvalue weighted by Crippen LogP contribution is -2.11. The molecule has 2 heterocycles. The van der Waals surface area contributed by atoms with Crippen molar-refractivity contribution in [3.05, 3.63) is 82.2 Å². The highest BCUT2D eigenvalue weighted by Crippen LogP contribution is 2.18. The van der Waals surface area contributed by atoms with E-state index in [2.05, 4.69) is 36.5 Å². The molecule has 0 aliphatic heterocycles. The van der Waals surface area contributed by atoms with Crippen LogP contribution >= 0.6 is 15.9 Å². The van der Waals surface area contributed by atoms with E-state index < -0.39 is 0 Å². The zero-order chi connectivity index (χ0) is 17.6. The van der Waals surface area contributed by atoms with Gasteiger partial charge in [-0.25, -0.2) is 4.98 Å². The second-order valence-corrected chi connectivity index (χ2v) is 6.48. The summed E-state index contributed by atoms with van der Waals surface area (Å²) in [7, 11) is 0. The van der Waals surface area contributed by atoms with Crippen LogP contribution in [-0.2, 0) is 6.54 Å². The quantitative estimate of drug-likeness (QED) is 0.669. The normalized spacial score (nSPS) is 10.3. The van der Waals surface area contributed by atoms with Crippen molar-refractivity contribution in [3.8, 4) is 0 Å². The maximum absolute atomic E-state index is 12.1. The van der Waals surface area contributed by atoms with E-state index in [0.29, 0.717) is 12.1 Å². The predicted octanol–water partition coefficient (Wildman–Crippen LogP) is 4.41. The number of nitrogens with one attached hydrogen (secondary N) is 2. The topological polar surface area (TPSA) is 66.9 Å². The number of hydrogen-bond acceptors (Lipinski definition) is 4. The molecule has 0 atom stereocenters. The standard InChI is InChI=1S/C19H17BrN4O/c1-13-10-16(20)12-23-18(13)22-11-14-2-4-17(5-3-14)24-19(25)15-6-8-21-9-7-15/h2-10,12H,11H2,1H3,(H,22,23)(H,24,25). The lowest BCUT2D eigenvalue weighted by atomic mass is 10.2. The molecule has 6 heteroatoms. The maximum atomic E-state index is 12.1. The third kappa shape index (κ3) is 4.64. The molecular formula is C19H17BrN4O. The number of carbonyl (C=O) groups is 1. The number of anilines is 2. The predicted molar refractivity (Wildman–Crippen MR) is 103 cm³/mol. The van der Waals surface area contributed by atoms with Crippen molar-refractivity contribution < 1.29 is 4.79 Å². The Bertz CT molecular complexity index is 866. The smallest absolute Gasteiger partial charge is 0.255 e. The molecule has 0 fully saturated rings. The molecule has 0 saturated heterocycles. The number of nitrogens with zero attached hydrogens (tertiary/aromatic N) is 2. The summed E-state index contributed by atoms with van der Waals surface area (Å²) in [6.45, 7) is 2.67. The minimum atomic E-state index is -0.150. The van der Waals surface area contributed by atoms with Crippen molar-refractivity contribution in [2.45, 2.75) is 13.5 Å². The Kier molecular flexibility index (Phi) is 5.40. The van der Waals surface area contributed by atoms with Crippen molar-refractivity contribution in [2.24, 2.45) is 0 Å². The molecule has 5 nitrogen and oxygen atoms in total. The third-order valence-corrected chi connectivity index (χ3v) is 4.09. The number of pyridine rings is 2. The Labute approximate surface area is 154 Å². The molecule has 0 aliphatic carbocycles. The van der Waals surface area contributed by atoms with E-state index in [-0.39, 0.29) is 5.91 Å². The van der Waals surface area contributed by atoms with E-state index in [1.165, 1.54) is 0 Å². The van der Waals surface area contributed by atoms with Crippen molar-refractivity contribution >= 4 is 33.3 Å². The number of aromatic nitrogens is 2. The fourth-order valence-electron chi connectivity index (χ4n) is 2.32. The number of hydrogen-bond donors (Lipinski definition) is 2. The Hall–Kier alpha value is -2.73. The molecule has 126 valence electrons. The zero-order valence-electron chi connectivity index (χ0n) is 13.7. The molecule has 1 aromatic carbocycles. The van der Waals surface area contributed by atoms with Crippen LogP contribution in [0.2, 0.25) is 0 Å². The number of carbonyl (C=O) groups excluding carboxylic acids is 1. The second-order valence-electron chi connectivity index (χ2n) is 5.56. The summed E-state index contributed by atoms with van der Waals surface area (Å²) in [5.41, 5.74) is 3.52. The van der Waals surface area contributed by atoms with Crippen LogP contribution in [-0.4, -0.2) is 15.9 Å². The minimum absolute atomic E-state index is 0.150. The van der Waals surface area contributed by atoms with Crippen molar-refractivity contribution in [2.75, 3.05) is 10.6 Å². The van der Waals surface area contributed by atoms with Gasteiger partial charge in [0.2, 0.25) is 0 Å². The van der Waals surface area contributed by atoms with E-state index in [1.54, 1.807) is 30.7 Å². The maximum Gasteiger partial charge on any atom is 0.255 e. The highest BCUT2D eigenvalue weighted by atomic mass is 79.9. The van der Waals surface area contributed by atoms with Gasteiger partial charge in [0.1, 0.15) is 5.82 Å². The first kappa shape index (κ1) is 17.1. The van der Waals surface area contributed by atoms with Crippen LogP contribution in [0.3, 0.4) is 0 Å². The summed E-state index contributed by atoms with van der Waals surface area (Å²) in [6.07, 6.45) is 4.97. The summed E-state index contributed by atoms with van der Waals surface area (Å²) in [5, 5.41) is 6.19. The van der Waals surface area contributed by atoms with Gasteiger partial charge in [0.05, 0.1) is 0 Å². The van der Waals surface area contributed by atoms with Crippen molar-refractivity contribution in [1.29, 1.82) is 0 Å². The fourth-order valence-corrected chi connectivity index (χ4v) is 2.77. The first-order chi connectivity index (χ1) is 12.1. The van der Waals surface area contributed by atoms with Gasteiger partial charge >= 0.3 is 0 Å². The molecule has 3 rings (SSSR count). The molecule has 3 aromatic rings. The van der Waals surface area contributed by atoms with E-state index in [9.17, 15) is 4.79 Å². The lowest BCUT2D eigenvalue weighted by molar-refractivity contribution is 0.102. The van der Waals surface area contributed by atoms with Gasteiger partial charge in [0.25, 0.3) is 5.91 Å². The first-order valence-corrected chi connectivity index (χ1v) is 8.57. The third-order valence-electron chi connectivity index (χ3n) is 3.66. The number of benzene rings is 1. The summed E-state index contributed by atoms with van der Waals surface area (Å²) >= 11 is 3.41. The molecule has 0 aliphatic rings. The van der Waals surface area contributed by atoms with E-state index in [4.69, 9.17) is 0 Å². The molecule has 2 aromatic heterocycles. The first-order valence-electron chi connectivity index (χ1n) is 7.78. The number of amides is 1. The molecular weight excluding hydrogens is 380 g/mol. The molecule has 25 heavy (non-hydrogen) atoms. The SMILES string of the molecule is Cc1cc(Br)cnc1NCc1ccc(NC(=O)c2ccncc2)cc1. The largest absolute Gasteiger partial charge is 0.366 e. The van der Waals surface area contributed by atoms with Gasteiger partial charge in [0.15, 0.2) is 0 Å². The monoisotopic (exact) mass is 396 g/mol. The second kappa shape index (κ2) is 7.90. The summed E-state index contributed by atoms with van der Waals surface area (Å²) in [5.74, 6) is 0.709. The van der Waals surface area contributed by atoms with Gasteiger partial charge in [-0.15, -0.1) is 0 Å². The molecule has 0 radical (unpaired) electrons. The highest BCUT2D eigenvalue weighted by Gasteiger charge is 2.05. The molecule has 2 N–H and O–H groups in total. The van der Waals surface area contributed by atoms with Gasteiger partial charge in [-0.2, -0.15) is 0 Å². The Morgan fingerprint density at radius 2 is 1.84 bits per heavy atom. The average Bonchev–Trinajstić information content (AvgIpc) is 2.63. The van der Waals surface area contributed by atoms with E-state index in [1.807, 2.05) is 37.3 Å². The minimum Gasteiger partial charge on any atom is -0.366 e. The molecule has 1 amide bonds. The van der Waals surface area contributed by atoms with E-state index in [0.717, 1.165) is 27.1 Å². The van der Waals surface area contributed by atoms with Crippen molar-refractivity contribution in [3.63, 3.8) is 0 Å². The van der Waals surface area contributed by atoms with Crippen LogP contribution in [0.4, 0.5) is 11.5 Å². The average molecular weight is 397 g/mol. The highest BCUT2D eigenvalue weighted by molar-refractivity contribution is 9.10. The van der Waals surface area contributed by atoms with Gasteiger partial charge < -0.3 is 10.6 Å². The van der Waals surface area contributed by atoms with Crippen LogP contribution in [0.5, 0.6) is 0 Å². The molecule has 0 saturated carbocycles. The van der Waals surface area contributed by atoms with Gasteiger partial charge in [-0.3, -0.25) is 9.78 Å². The zero-order valence-corrected chi connectivity index (χ0v) is 15.2. The molecule has 0 bridgehead atoms. The van der Waals surface area contributed by atoms with Crippen LogP contribution in [0.15, 0.2) is 65.5 Å². The lowest BCUT2D eigenvalue weighted by Gasteiger charge is -2.10. The van der Waals surface area contributed by atoms with Crippen LogP contribution in [0.1, 0.15) is 21.5 Å². The number of halogens is 1. The van der Waals surface area contributed by atoms with Crippen LogP contribution in [0.25, 0.3) is 0 Å².